The van der Waals surface area contributed by atoms with E-state index < -0.39 is 0 Å². The number of methoxy groups -OCH3 is 1. The van der Waals surface area contributed by atoms with E-state index in [1.807, 2.05) is 30.5 Å². The Labute approximate surface area is 107 Å². The molecule has 1 aromatic heterocycles. The van der Waals surface area contributed by atoms with Gasteiger partial charge in [0.2, 0.25) is 0 Å². The third-order valence-electron chi connectivity index (χ3n) is 3.43. The topological polar surface area (TPSA) is 34.1 Å². The van der Waals surface area contributed by atoms with Gasteiger partial charge in [-0.2, -0.15) is 0 Å². The van der Waals surface area contributed by atoms with Gasteiger partial charge in [-0.3, -0.25) is 0 Å². The first kappa shape index (κ1) is 11.1. The maximum atomic E-state index is 5.41. The lowest BCUT2D eigenvalue weighted by Gasteiger charge is -2.15. The lowest BCUT2D eigenvalue weighted by atomic mass is 10.1. The molecule has 3 nitrogen and oxygen atoms in total. The Morgan fingerprint density at radius 1 is 1.22 bits per heavy atom. The molecule has 1 aromatic carbocycles. The Morgan fingerprint density at radius 3 is 2.94 bits per heavy atom. The molecule has 0 saturated carbocycles. The van der Waals surface area contributed by atoms with Gasteiger partial charge in [0.25, 0.3) is 0 Å². The monoisotopic (exact) mass is 240 g/mol. The van der Waals surface area contributed by atoms with Crippen molar-refractivity contribution >= 4 is 5.82 Å². The van der Waals surface area contributed by atoms with Gasteiger partial charge in [0.1, 0.15) is 11.6 Å². The van der Waals surface area contributed by atoms with Crippen LogP contribution in [0, 0.1) is 0 Å². The van der Waals surface area contributed by atoms with E-state index in [4.69, 9.17) is 4.74 Å². The van der Waals surface area contributed by atoms with Crippen molar-refractivity contribution in [2.75, 3.05) is 12.4 Å². The molecule has 3 heteroatoms. The lowest BCUT2D eigenvalue weighted by molar-refractivity contribution is 0.410. The number of hydrogen-bond donors (Lipinski definition) is 1. The minimum absolute atomic E-state index is 0.338. The minimum Gasteiger partial charge on any atom is -0.496 e. The molecule has 0 aliphatic heterocycles. The fraction of sp³-hybridized carbons (Fsp3) is 0.267. The molecule has 0 saturated heterocycles. The molecule has 1 heterocycles. The van der Waals surface area contributed by atoms with Crippen LogP contribution in [-0.4, -0.2) is 12.1 Å². The highest BCUT2D eigenvalue weighted by Crippen LogP contribution is 2.38. The third-order valence-corrected chi connectivity index (χ3v) is 3.43. The number of hydrogen-bond acceptors (Lipinski definition) is 3. The number of aromatic nitrogens is 1. The van der Waals surface area contributed by atoms with E-state index >= 15 is 0 Å². The van der Waals surface area contributed by atoms with Crippen LogP contribution in [0.3, 0.4) is 0 Å². The van der Waals surface area contributed by atoms with Gasteiger partial charge >= 0.3 is 0 Å². The van der Waals surface area contributed by atoms with Gasteiger partial charge in [-0.25, -0.2) is 4.98 Å². The normalized spacial score (nSPS) is 17.3. The van der Waals surface area contributed by atoms with Crippen molar-refractivity contribution in [3.8, 4) is 5.75 Å². The van der Waals surface area contributed by atoms with Crippen LogP contribution in [0.4, 0.5) is 5.82 Å². The summed E-state index contributed by atoms with van der Waals surface area (Å²) in [5.74, 6) is 1.93. The number of pyridine rings is 1. The molecule has 2 aromatic rings. The van der Waals surface area contributed by atoms with Crippen molar-refractivity contribution in [2.24, 2.45) is 0 Å². The first-order valence-electron chi connectivity index (χ1n) is 6.22. The van der Waals surface area contributed by atoms with E-state index in [1.54, 1.807) is 7.11 Å². The van der Waals surface area contributed by atoms with Crippen molar-refractivity contribution < 1.29 is 4.74 Å². The largest absolute Gasteiger partial charge is 0.496 e. The zero-order valence-corrected chi connectivity index (χ0v) is 10.4. The summed E-state index contributed by atoms with van der Waals surface area (Å²) >= 11 is 0. The van der Waals surface area contributed by atoms with E-state index in [-0.39, 0.29) is 0 Å². The second-order valence-electron chi connectivity index (χ2n) is 4.48. The quantitative estimate of drug-likeness (QED) is 0.894. The summed E-state index contributed by atoms with van der Waals surface area (Å²) in [6.45, 7) is 0. The van der Waals surface area contributed by atoms with Crippen LogP contribution in [0.2, 0.25) is 0 Å². The predicted octanol–water partition coefficient (Wildman–Crippen LogP) is 3.19. The first-order valence-corrected chi connectivity index (χ1v) is 6.22. The summed E-state index contributed by atoms with van der Waals surface area (Å²) in [7, 11) is 1.73. The van der Waals surface area contributed by atoms with Gasteiger partial charge in [-0.1, -0.05) is 18.2 Å². The molecule has 0 amide bonds. The zero-order chi connectivity index (χ0) is 12.4. The second-order valence-corrected chi connectivity index (χ2v) is 4.48. The van der Waals surface area contributed by atoms with Gasteiger partial charge in [-0.15, -0.1) is 0 Å². The van der Waals surface area contributed by atoms with Crippen LogP contribution < -0.4 is 10.1 Å². The molecular weight excluding hydrogens is 224 g/mol. The second kappa shape index (κ2) is 4.69. The van der Waals surface area contributed by atoms with Gasteiger partial charge in [0.05, 0.1) is 13.2 Å². The molecule has 92 valence electrons. The highest BCUT2D eigenvalue weighted by atomic mass is 16.5. The first-order chi connectivity index (χ1) is 8.88. The van der Waals surface area contributed by atoms with Crippen molar-refractivity contribution in [1.82, 2.24) is 4.98 Å². The Balaban J connectivity index is 1.87. The Kier molecular flexibility index (Phi) is 2.89. The number of benzene rings is 1. The van der Waals surface area contributed by atoms with Gasteiger partial charge in [0, 0.05) is 6.20 Å². The molecule has 3 rings (SSSR count). The maximum absolute atomic E-state index is 5.41. The highest BCUT2D eigenvalue weighted by molar-refractivity contribution is 5.49. The maximum Gasteiger partial charge on any atom is 0.126 e. The van der Waals surface area contributed by atoms with Crippen LogP contribution in [0.25, 0.3) is 0 Å². The van der Waals surface area contributed by atoms with Crippen molar-refractivity contribution in [2.45, 2.75) is 18.9 Å². The van der Waals surface area contributed by atoms with Crippen LogP contribution in [-0.2, 0) is 6.42 Å². The standard InChI is InChI=1S/C15H16N2O/c1-18-14-6-4-5-11-12(14)8-9-13(11)17-15-7-2-3-10-16-15/h2-7,10,13H,8-9H2,1H3,(H,16,17). The number of nitrogens with zero attached hydrogens (tertiary/aromatic N) is 1. The fourth-order valence-electron chi connectivity index (χ4n) is 2.59. The van der Waals surface area contributed by atoms with Crippen LogP contribution in [0.15, 0.2) is 42.6 Å². The molecule has 1 atom stereocenters. The number of nitrogens with one attached hydrogen (secondary N) is 1. The molecule has 0 radical (unpaired) electrons. The highest BCUT2D eigenvalue weighted by Gasteiger charge is 2.24. The minimum atomic E-state index is 0.338. The van der Waals surface area contributed by atoms with Gasteiger partial charge in [-0.05, 0) is 42.2 Å². The van der Waals surface area contributed by atoms with E-state index in [0.29, 0.717) is 6.04 Å². The molecular formula is C15H16N2O. The molecule has 1 N–H and O–H groups in total. The zero-order valence-electron chi connectivity index (χ0n) is 10.4. The summed E-state index contributed by atoms with van der Waals surface area (Å²) in [6.07, 6.45) is 3.96. The number of anilines is 1. The average Bonchev–Trinajstić information content (AvgIpc) is 2.83. The summed E-state index contributed by atoms with van der Waals surface area (Å²) in [5.41, 5.74) is 2.66. The fourth-order valence-corrected chi connectivity index (χ4v) is 2.59. The average molecular weight is 240 g/mol. The predicted molar refractivity (Wildman–Crippen MR) is 71.9 cm³/mol. The smallest absolute Gasteiger partial charge is 0.126 e. The summed E-state index contributed by atoms with van der Waals surface area (Å²) in [5, 5.41) is 3.48. The summed E-state index contributed by atoms with van der Waals surface area (Å²) < 4.78 is 5.41. The molecule has 0 fully saturated rings. The van der Waals surface area contributed by atoms with E-state index in [0.717, 1.165) is 24.4 Å². The third kappa shape index (κ3) is 1.92. The SMILES string of the molecule is COc1cccc2c1CCC2Nc1ccccn1. The van der Waals surface area contributed by atoms with Crippen molar-refractivity contribution in [3.05, 3.63) is 53.7 Å². The molecule has 0 spiro atoms. The van der Waals surface area contributed by atoms with E-state index in [2.05, 4.69) is 22.4 Å². The van der Waals surface area contributed by atoms with E-state index in [1.165, 1.54) is 11.1 Å². The van der Waals surface area contributed by atoms with Gasteiger partial charge < -0.3 is 10.1 Å². The summed E-state index contributed by atoms with van der Waals surface area (Å²) in [4.78, 5) is 4.32. The lowest BCUT2D eigenvalue weighted by Crippen LogP contribution is -2.08. The number of fused-ring (bicyclic) bond motifs is 1. The van der Waals surface area contributed by atoms with Crippen LogP contribution in [0.1, 0.15) is 23.6 Å². The van der Waals surface area contributed by atoms with E-state index in [9.17, 15) is 0 Å². The number of rotatable bonds is 3. The molecule has 1 unspecified atom stereocenters. The van der Waals surface area contributed by atoms with Crippen molar-refractivity contribution in [1.29, 1.82) is 0 Å². The Hall–Kier alpha value is -2.03. The van der Waals surface area contributed by atoms with Gasteiger partial charge in [0.15, 0.2) is 0 Å². The number of ether oxygens (including phenoxy) is 1. The van der Waals surface area contributed by atoms with Crippen LogP contribution in [0.5, 0.6) is 5.75 Å². The molecule has 1 aliphatic rings. The van der Waals surface area contributed by atoms with Crippen LogP contribution >= 0.6 is 0 Å². The van der Waals surface area contributed by atoms with Crippen molar-refractivity contribution in [3.63, 3.8) is 0 Å². The molecule has 1 aliphatic carbocycles. The molecule has 0 bridgehead atoms. The molecule has 18 heavy (non-hydrogen) atoms. The Morgan fingerprint density at radius 2 is 2.17 bits per heavy atom. The summed E-state index contributed by atoms with van der Waals surface area (Å²) in [6, 6.07) is 12.5. The Bertz CT molecular complexity index is 539.